The van der Waals surface area contributed by atoms with E-state index in [4.69, 9.17) is 5.73 Å². The van der Waals surface area contributed by atoms with Crippen LogP contribution in [0.2, 0.25) is 0 Å². The van der Waals surface area contributed by atoms with Crippen molar-refractivity contribution in [3.05, 3.63) is 0 Å². The maximum absolute atomic E-state index is 9.94. The first-order valence-corrected chi connectivity index (χ1v) is 9.71. The maximum Gasteiger partial charge on any atom is 0.109 e. The maximum atomic E-state index is 9.94. The first-order chi connectivity index (χ1) is 11.6. The number of likely N-dealkylation sites (tertiary alicyclic amines) is 1. The molecule has 0 aliphatic carbocycles. The Labute approximate surface area is 146 Å². The van der Waals surface area contributed by atoms with Crippen molar-refractivity contribution in [3.63, 3.8) is 0 Å². The van der Waals surface area contributed by atoms with Crippen LogP contribution in [0.5, 0.6) is 0 Å². The molecule has 0 aromatic carbocycles. The molecule has 0 amide bonds. The number of nitrogens with two attached hydrogens (primary N) is 1. The van der Waals surface area contributed by atoms with Gasteiger partial charge in [-0.05, 0) is 25.9 Å². The van der Waals surface area contributed by atoms with Crippen LogP contribution >= 0.6 is 0 Å². The van der Waals surface area contributed by atoms with Gasteiger partial charge in [-0.25, -0.2) is 0 Å². The Balaban J connectivity index is 2.04. The second-order valence-electron chi connectivity index (χ2n) is 7.12. The van der Waals surface area contributed by atoms with E-state index >= 15 is 0 Å². The molecule has 0 bridgehead atoms. The van der Waals surface area contributed by atoms with Gasteiger partial charge in [0.1, 0.15) is 12.2 Å². The Kier molecular flexibility index (Phi) is 11.8. The van der Waals surface area contributed by atoms with Gasteiger partial charge >= 0.3 is 0 Å². The summed E-state index contributed by atoms with van der Waals surface area (Å²) in [5.74, 6) is 0. The van der Waals surface area contributed by atoms with Gasteiger partial charge in [-0.2, -0.15) is 0 Å². The average Bonchev–Trinajstić information content (AvgIpc) is 2.58. The van der Waals surface area contributed by atoms with Gasteiger partial charge in [0, 0.05) is 6.54 Å². The molecule has 24 heavy (non-hydrogen) atoms. The highest BCUT2D eigenvalue weighted by molar-refractivity contribution is 4.93. The summed E-state index contributed by atoms with van der Waals surface area (Å²) in [6, 6.07) is -0.475. The topological polar surface area (TPSA) is 110 Å². The molecule has 1 aliphatic heterocycles. The Morgan fingerprint density at radius 1 is 0.750 bits per heavy atom. The van der Waals surface area contributed by atoms with Crippen molar-refractivity contribution in [2.75, 3.05) is 26.2 Å². The van der Waals surface area contributed by atoms with Crippen molar-refractivity contribution in [1.82, 2.24) is 4.90 Å². The predicted molar refractivity (Wildman–Crippen MR) is 95.7 cm³/mol. The number of piperidine rings is 1. The summed E-state index contributed by atoms with van der Waals surface area (Å²) < 4.78 is 0. The third kappa shape index (κ3) is 7.76. The highest BCUT2D eigenvalue weighted by Gasteiger charge is 2.40. The first kappa shape index (κ1) is 21.8. The lowest BCUT2D eigenvalue weighted by Gasteiger charge is -2.43. The van der Waals surface area contributed by atoms with Crippen molar-refractivity contribution < 1.29 is 20.4 Å². The number of unbranched alkanes of at least 4 members (excludes halogenated alkanes) is 9. The van der Waals surface area contributed by atoms with E-state index in [0.29, 0.717) is 6.54 Å². The van der Waals surface area contributed by atoms with Gasteiger partial charge in [0.15, 0.2) is 0 Å². The molecule has 1 aliphatic rings. The average molecular weight is 347 g/mol. The lowest BCUT2D eigenvalue weighted by molar-refractivity contribution is -0.145. The molecule has 0 aromatic heterocycles. The molecule has 1 fully saturated rings. The normalized spacial score (nSPS) is 28.4. The van der Waals surface area contributed by atoms with Gasteiger partial charge < -0.3 is 26.2 Å². The summed E-state index contributed by atoms with van der Waals surface area (Å²) >= 11 is 0. The van der Waals surface area contributed by atoms with Crippen molar-refractivity contribution in [1.29, 1.82) is 0 Å². The van der Waals surface area contributed by atoms with Crippen LogP contribution in [-0.4, -0.2) is 75.9 Å². The quantitative estimate of drug-likeness (QED) is 0.313. The summed E-state index contributed by atoms with van der Waals surface area (Å²) in [6.07, 6.45) is 8.97. The highest BCUT2D eigenvalue weighted by Crippen LogP contribution is 2.20. The van der Waals surface area contributed by atoms with Crippen LogP contribution in [0.25, 0.3) is 0 Å². The fraction of sp³-hybridized carbons (Fsp3) is 1.00. The molecule has 4 atom stereocenters. The Bertz CT molecular complexity index is 307. The Hall–Kier alpha value is -0.240. The van der Waals surface area contributed by atoms with E-state index in [9.17, 15) is 20.4 Å². The molecule has 0 saturated carbocycles. The van der Waals surface area contributed by atoms with Gasteiger partial charge in [-0.3, -0.25) is 4.90 Å². The Morgan fingerprint density at radius 2 is 1.25 bits per heavy atom. The van der Waals surface area contributed by atoms with Crippen molar-refractivity contribution in [2.45, 2.75) is 88.6 Å². The molecular weight excluding hydrogens is 308 g/mol. The van der Waals surface area contributed by atoms with Crippen molar-refractivity contribution >= 4 is 0 Å². The molecule has 0 aromatic rings. The number of aliphatic hydroxyl groups excluding tert-OH is 4. The summed E-state index contributed by atoms with van der Waals surface area (Å²) in [5, 5.41) is 38.8. The minimum atomic E-state index is -1.16. The Morgan fingerprint density at radius 3 is 1.75 bits per heavy atom. The van der Waals surface area contributed by atoms with Crippen LogP contribution in [0, 0.1) is 0 Å². The van der Waals surface area contributed by atoms with E-state index in [1.807, 2.05) is 4.90 Å². The molecule has 1 rings (SSSR count). The fourth-order valence-corrected chi connectivity index (χ4v) is 3.51. The first-order valence-electron chi connectivity index (χ1n) is 9.71. The zero-order valence-electron chi connectivity index (χ0n) is 15.0. The van der Waals surface area contributed by atoms with Crippen LogP contribution < -0.4 is 5.73 Å². The summed E-state index contributed by atoms with van der Waals surface area (Å²) in [6.45, 7) is 1.66. The molecule has 6 nitrogen and oxygen atoms in total. The summed E-state index contributed by atoms with van der Waals surface area (Å²) in [5.41, 5.74) is 5.47. The van der Waals surface area contributed by atoms with E-state index in [-0.39, 0.29) is 6.61 Å². The van der Waals surface area contributed by atoms with Gasteiger partial charge in [0.25, 0.3) is 0 Å². The number of aliphatic hydroxyl groups is 4. The van der Waals surface area contributed by atoms with Gasteiger partial charge in [0.05, 0.1) is 18.8 Å². The third-order valence-electron chi connectivity index (χ3n) is 5.12. The van der Waals surface area contributed by atoms with Gasteiger partial charge in [-0.15, -0.1) is 0 Å². The molecule has 1 saturated heterocycles. The number of hydrogen-bond acceptors (Lipinski definition) is 6. The zero-order valence-corrected chi connectivity index (χ0v) is 15.0. The smallest absolute Gasteiger partial charge is 0.109 e. The molecule has 0 unspecified atom stereocenters. The standard InChI is InChI=1S/C18H38N2O4/c19-11-9-7-5-3-1-2-4-6-8-10-12-20-13-16(22)18(24)17(23)15(20)14-21/h15-18,21-24H,1-14,19H2/t15-,16+,17-,18-/m1/s1. The molecule has 6 N–H and O–H groups in total. The molecular formula is C18H38N2O4. The number of β-amino-alcohol motifs (C(OH)–C–C–N with tert-alkyl or cyclic N) is 1. The van der Waals surface area contributed by atoms with Gasteiger partial charge in [0.2, 0.25) is 0 Å². The summed E-state index contributed by atoms with van der Waals surface area (Å²) in [4.78, 5) is 1.90. The highest BCUT2D eigenvalue weighted by atomic mass is 16.4. The predicted octanol–water partition coefficient (Wildman–Crippen LogP) is 0.605. The van der Waals surface area contributed by atoms with E-state index in [1.165, 1.54) is 44.9 Å². The summed E-state index contributed by atoms with van der Waals surface area (Å²) in [7, 11) is 0. The molecule has 0 radical (unpaired) electrons. The van der Waals surface area contributed by atoms with E-state index in [0.717, 1.165) is 32.4 Å². The lowest BCUT2D eigenvalue weighted by atomic mass is 9.94. The SMILES string of the molecule is NCCCCCCCCCCCCN1C[C@H](O)[C@@H](O)[C@H](O)[C@H]1CO. The van der Waals surface area contributed by atoms with Crippen LogP contribution in [-0.2, 0) is 0 Å². The van der Waals surface area contributed by atoms with Gasteiger partial charge in [-0.1, -0.05) is 51.4 Å². The number of rotatable bonds is 13. The van der Waals surface area contributed by atoms with E-state index < -0.39 is 24.4 Å². The van der Waals surface area contributed by atoms with E-state index in [1.54, 1.807) is 0 Å². The van der Waals surface area contributed by atoms with Crippen LogP contribution in [0.1, 0.15) is 64.2 Å². The molecule has 144 valence electrons. The molecule has 6 heteroatoms. The van der Waals surface area contributed by atoms with E-state index in [2.05, 4.69) is 0 Å². The monoisotopic (exact) mass is 346 g/mol. The number of hydrogen-bond donors (Lipinski definition) is 5. The van der Waals surface area contributed by atoms with Crippen molar-refractivity contribution in [2.24, 2.45) is 5.73 Å². The fourth-order valence-electron chi connectivity index (χ4n) is 3.51. The molecule has 0 spiro atoms. The largest absolute Gasteiger partial charge is 0.395 e. The van der Waals surface area contributed by atoms with Crippen LogP contribution in [0.3, 0.4) is 0 Å². The lowest BCUT2D eigenvalue weighted by Crippen LogP contribution is -2.62. The second kappa shape index (κ2) is 13.0. The van der Waals surface area contributed by atoms with Crippen LogP contribution in [0.15, 0.2) is 0 Å². The third-order valence-corrected chi connectivity index (χ3v) is 5.12. The minimum Gasteiger partial charge on any atom is -0.395 e. The zero-order chi connectivity index (χ0) is 17.8. The van der Waals surface area contributed by atoms with Crippen molar-refractivity contribution in [3.8, 4) is 0 Å². The number of nitrogens with zero attached hydrogens (tertiary/aromatic N) is 1. The second-order valence-corrected chi connectivity index (χ2v) is 7.12. The van der Waals surface area contributed by atoms with Crippen LogP contribution in [0.4, 0.5) is 0 Å². The molecule has 1 heterocycles. The minimum absolute atomic E-state index is 0.199.